The Balaban J connectivity index is 2.10. The summed E-state index contributed by atoms with van der Waals surface area (Å²) in [5, 5.41) is 0. The van der Waals surface area contributed by atoms with Crippen LogP contribution >= 0.6 is 0 Å². The summed E-state index contributed by atoms with van der Waals surface area (Å²) in [7, 11) is 0. The van der Waals surface area contributed by atoms with Gasteiger partial charge in [0, 0.05) is 0 Å². The van der Waals surface area contributed by atoms with Crippen molar-refractivity contribution in [3.8, 4) is 0 Å². The summed E-state index contributed by atoms with van der Waals surface area (Å²) in [6.45, 7) is 13.3. The van der Waals surface area contributed by atoms with Crippen molar-refractivity contribution in [1.29, 1.82) is 0 Å². The SMILES string of the molecule is CC1=C(C)C(C)[C]([Ti]([NH]C(=O)C2CCCCCCCCC2)[SiH](C)C)=C1C. The number of allylic oxidation sites excluding steroid dienone is 4. The van der Waals surface area contributed by atoms with E-state index in [9.17, 15) is 4.79 Å². The van der Waals surface area contributed by atoms with Gasteiger partial charge in [0.2, 0.25) is 0 Å². The Hall–Kier alpha value is -0.119. The van der Waals surface area contributed by atoms with E-state index in [0.29, 0.717) is 11.8 Å². The molecule has 2 nitrogen and oxygen atoms in total. The molecule has 0 aromatic heterocycles. The van der Waals surface area contributed by atoms with Crippen LogP contribution < -0.4 is 3.80 Å². The van der Waals surface area contributed by atoms with Crippen LogP contribution in [-0.4, -0.2) is 12.6 Å². The van der Waals surface area contributed by atoms with Crippen LogP contribution in [0.15, 0.2) is 20.6 Å². The number of rotatable bonds is 4. The molecule has 2 rings (SSSR count). The van der Waals surface area contributed by atoms with Crippen LogP contribution in [0.3, 0.4) is 0 Å². The second-order valence-electron chi connectivity index (χ2n) is 8.88. The first-order valence-electron chi connectivity index (χ1n) is 10.9. The molecule has 2 aliphatic rings. The summed E-state index contributed by atoms with van der Waals surface area (Å²) >= 11 is -1.68. The van der Waals surface area contributed by atoms with E-state index in [2.05, 4.69) is 44.6 Å². The standard InChI is InChI=1S/C11H21NO.C9H13.C2H7Si.Ti/c12-11(13)10-8-6-4-2-1-3-5-7-9-10;1-6-5-7(2)9(4)8(6)3;1-3-2;/h10H,1-9H2,(H2,12,13);6H,1-4H3;3H,1-2H3;/q;;;+1/p-1. The van der Waals surface area contributed by atoms with Crippen LogP contribution in [-0.2, 0) is 22.2 Å². The first-order valence-corrected chi connectivity index (χ1v) is 18.1. The van der Waals surface area contributed by atoms with Crippen LogP contribution in [0.5, 0.6) is 0 Å². The molecule has 0 radical (unpaired) electrons. The van der Waals surface area contributed by atoms with Crippen LogP contribution in [0.2, 0.25) is 13.1 Å². The fourth-order valence-corrected chi connectivity index (χ4v) is 15.2. The molecule has 0 aromatic rings. The molecule has 0 aliphatic heterocycles. The zero-order chi connectivity index (χ0) is 19.3. The maximum atomic E-state index is 13.2. The number of carbonyl (C=O) groups excluding carboxylic acids is 1. The number of hydrogen-bond donors (Lipinski definition) is 1. The predicted octanol–water partition coefficient (Wildman–Crippen LogP) is 6.02. The fourth-order valence-electron chi connectivity index (χ4n) is 4.63. The average Bonchev–Trinajstić information content (AvgIpc) is 2.80. The van der Waals surface area contributed by atoms with Crippen molar-refractivity contribution in [3.63, 3.8) is 0 Å². The van der Waals surface area contributed by atoms with Crippen molar-refractivity contribution in [2.24, 2.45) is 11.8 Å². The van der Waals surface area contributed by atoms with Crippen molar-refractivity contribution in [1.82, 2.24) is 3.80 Å². The first-order chi connectivity index (χ1) is 12.3. The van der Waals surface area contributed by atoms with Gasteiger partial charge in [-0.2, -0.15) is 0 Å². The number of nitrogens with one attached hydrogen (secondary N) is 1. The van der Waals surface area contributed by atoms with Crippen LogP contribution in [0.1, 0.15) is 85.5 Å². The van der Waals surface area contributed by atoms with Gasteiger partial charge in [0.15, 0.2) is 0 Å². The van der Waals surface area contributed by atoms with Gasteiger partial charge in [-0.3, -0.25) is 0 Å². The Kier molecular flexibility index (Phi) is 8.90. The predicted molar refractivity (Wildman–Crippen MR) is 112 cm³/mol. The summed E-state index contributed by atoms with van der Waals surface area (Å²) < 4.78 is 5.40. The molecule has 1 saturated carbocycles. The van der Waals surface area contributed by atoms with Gasteiger partial charge in [-0.1, -0.05) is 0 Å². The Morgan fingerprint density at radius 1 is 0.923 bits per heavy atom. The van der Waals surface area contributed by atoms with Crippen molar-refractivity contribution in [2.75, 3.05) is 0 Å². The minimum absolute atomic E-state index is 0.274. The zero-order valence-electron chi connectivity index (χ0n) is 18.0. The van der Waals surface area contributed by atoms with E-state index in [-0.39, 0.29) is 5.92 Å². The number of hydrogen-bond acceptors (Lipinski definition) is 1. The van der Waals surface area contributed by atoms with Gasteiger partial charge in [0.1, 0.15) is 0 Å². The van der Waals surface area contributed by atoms with Crippen LogP contribution in [0.25, 0.3) is 0 Å². The van der Waals surface area contributed by atoms with E-state index in [4.69, 9.17) is 0 Å². The molecule has 1 N–H and O–H groups in total. The Bertz CT molecular complexity index is 556. The molecule has 0 bridgehead atoms. The maximum absolute atomic E-state index is 13.2. The average molecular weight is 411 g/mol. The molecule has 0 heterocycles. The molecule has 147 valence electrons. The molecule has 1 atom stereocenters. The Morgan fingerprint density at radius 2 is 1.42 bits per heavy atom. The van der Waals surface area contributed by atoms with E-state index in [1.165, 1.54) is 61.7 Å². The van der Waals surface area contributed by atoms with Gasteiger partial charge < -0.3 is 0 Å². The minimum atomic E-state index is -1.68. The molecule has 0 spiro atoms. The molecule has 4 heteroatoms. The van der Waals surface area contributed by atoms with Gasteiger partial charge in [0.25, 0.3) is 0 Å². The summed E-state index contributed by atoms with van der Waals surface area (Å²) in [4.78, 5) is 13.2. The molecule has 1 unspecified atom stereocenters. The Labute approximate surface area is 169 Å². The van der Waals surface area contributed by atoms with Crippen molar-refractivity contribution >= 4 is 12.6 Å². The molecule has 0 aromatic carbocycles. The molecule has 1 fully saturated rings. The third-order valence-electron chi connectivity index (χ3n) is 6.74. The molecule has 0 saturated heterocycles. The van der Waals surface area contributed by atoms with Gasteiger partial charge >= 0.3 is 170 Å². The van der Waals surface area contributed by atoms with Crippen LogP contribution in [0, 0.1) is 11.8 Å². The zero-order valence-corrected chi connectivity index (χ0v) is 20.7. The van der Waals surface area contributed by atoms with Gasteiger partial charge in [-0.15, -0.1) is 0 Å². The van der Waals surface area contributed by atoms with Gasteiger partial charge in [0.05, 0.1) is 0 Å². The quantitative estimate of drug-likeness (QED) is 0.564. The van der Waals surface area contributed by atoms with Crippen molar-refractivity contribution in [2.45, 2.75) is 98.6 Å². The second kappa shape index (κ2) is 10.4. The van der Waals surface area contributed by atoms with E-state index in [0.717, 1.165) is 12.8 Å². The van der Waals surface area contributed by atoms with Crippen molar-refractivity contribution in [3.05, 3.63) is 20.6 Å². The second-order valence-corrected chi connectivity index (χ2v) is 21.5. The van der Waals surface area contributed by atoms with Gasteiger partial charge in [-0.25, -0.2) is 0 Å². The molecular weight excluding hydrogens is 370 g/mol. The molecule has 26 heavy (non-hydrogen) atoms. The monoisotopic (exact) mass is 410 g/mol. The summed E-state index contributed by atoms with van der Waals surface area (Å²) in [5.74, 6) is 1.25. The third kappa shape index (κ3) is 5.45. The van der Waals surface area contributed by atoms with E-state index >= 15 is 0 Å². The summed E-state index contributed by atoms with van der Waals surface area (Å²) in [6, 6.07) is 0. The molecule has 1 amide bonds. The number of carbonyl (C=O) groups is 1. The van der Waals surface area contributed by atoms with E-state index in [1.54, 1.807) is 3.88 Å². The fraction of sp³-hybridized carbons (Fsp3) is 0.773. The normalized spacial score (nSPS) is 23.6. The van der Waals surface area contributed by atoms with E-state index in [1.807, 2.05) is 0 Å². The van der Waals surface area contributed by atoms with Crippen molar-refractivity contribution < 1.29 is 22.2 Å². The first kappa shape index (κ1) is 22.2. The molecule has 2 aliphatic carbocycles. The Morgan fingerprint density at radius 3 is 1.85 bits per heavy atom. The van der Waals surface area contributed by atoms with Crippen LogP contribution in [0.4, 0.5) is 0 Å². The van der Waals surface area contributed by atoms with Gasteiger partial charge in [-0.05, 0) is 0 Å². The summed E-state index contributed by atoms with van der Waals surface area (Å²) in [6.07, 6.45) is 11.4. The topological polar surface area (TPSA) is 29.1 Å². The summed E-state index contributed by atoms with van der Waals surface area (Å²) in [5.41, 5.74) is 4.53. The number of amides is 1. The third-order valence-corrected chi connectivity index (χ3v) is 18.2. The molecular formula is C22H40NOSiTi. The van der Waals surface area contributed by atoms with E-state index < -0.39 is 24.0 Å².